The van der Waals surface area contributed by atoms with Crippen LogP contribution >= 0.6 is 11.6 Å². The van der Waals surface area contributed by atoms with Crippen molar-refractivity contribution >= 4 is 11.6 Å². The van der Waals surface area contributed by atoms with Crippen molar-refractivity contribution in [1.29, 1.82) is 0 Å². The Balaban J connectivity index is 1.87. The van der Waals surface area contributed by atoms with Gasteiger partial charge in [-0.05, 0) is 41.0 Å². The Morgan fingerprint density at radius 3 is 1.82 bits per heavy atom. The molecule has 0 aliphatic rings. The van der Waals surface area contributed by atoms with E-state index in [1.54, 1.807) is 12.1 Å². The Labute approximate surface area is 169 Å². The van der Waals surface area contributed by atoms with Gasteiger partial charge in [0.05, 0.1) is 0 Å². The minimum absolute atomic E-state index is 0.133. The molecule has 0 aliphatic carbocycles. The van der Waals surface area contributed by atoms with E-state index in [2.05, 4.69) is 0 Å². The van der Waals surface area contributed by atoms with Gasteiger partial charge in [-0.1, -0.05) is 84.4 Å². The normalized spacial score (nSPS) is 11.9. The number of benzene rings is 4. The first-order valence-electron chi connectivity index (χ1n) is 9.05. The second kappa shape index (κ2) is 7.79. The van der Waals surface area contributed by atoms with Crippen molar-refractivity contribution in [2.75, 3.05) is 0 Å². The van der Waals surface area contributed by atoms with E-state index >= 15 is 0 Å². The van der Waals surface area contributed by atoms with Crippen LogP contribution in [-0.4, -0.2) is 10.2 Å². The second-order valence-electron chi connectivity index (χ2n) is 6.69. The van der Waals surface area contributed by atoms with Gasteiger partial charge in [0.1, 0.15) is 11.5 Å². The Kier molecular flexibility index (Phi) is 5.05. The fourth-order valence-electron chi connectivity index (χ4n) is 3.53. The average Bonchev–Trinajstić information content (AvgIpc) is 2.73. The maximum atomic E-state index is 10.9. The molecule has 28 heavy (non-hydrogen) atoms. The first kappa shape index (κ1) is 18.1. The van der Waals surface area contributed by atoms with E-state index < -0.39 is 0 Å². The molecule has 0 radical (unpaired) electrons. The van der Waals surface area contributed by atoms with Crippen molar-refractivity contribution in [3.63, 3.8) is 0 Å². The van der Waals surface area contributed by atoms with Crippen LogP contribution in [-0.2, 0) is 0 Å². The number of hydrogen-bond donors (Lipinski definition) is 2. The number of halogens is 1. The molecular weight excluding hydrogens is 368 g/mol. The molecule has 4 aromatic carbocycles. The quantitative estimate of drug-likeness (QED) is 0.306. The molecule has 1 atom stereocenters. The molecule has 0 aromatic heterocycles. The molecule has 4 rings (SSSR count). The van der Waals surface area contributed by atoms with Crippen molar-refractivity contribution in [3.8, 4) is 22.6 Å². The summed E-state index contributed by atoms with van der Waals surface area (Å²) in [5.74, 6) is 0.0449. The summed E-state index contributed by atoms with van der Waals surface area (Å²) in [7, 11) is 0. The topological polar surface area (TPSA) is 40.5 Å². The van der Waals surface area contributed by atoms with E-state index in [4.69, 9.17) is 11.6 Å². The standard InChI is InChI=1S/C25H19ClO2/c26-20-13-11-19(12-14-20)25(18-9-5-2-6-10-18)22-16-23(27)21(15-24(22)28)17-7-3-1-4-8-17/h1-16,25,27-28H. The smallest absolute Gasteiger partial charge is 0.123 e. The van der Waals surface area contributed by atoms with Gasteiger partial charge < -0.3 is 10.2 Å². The molecule has 4 aromatic rings. The fraction of sp³-hybridized carbons (Fsp3) is 0.0400. The fourth-order valence-corrected chi connectivity index (χ4v) is 3.65. The van der Waals surface area contributed by atoms with Crippen LogP contribution in [0.1, 0.15) is 22.6 Å². The lowest BCUT2D eigenvalue weighted by atomic mass is 9.83. The largest absolute Gasteiger partial charge is 0.508 e. The van der Waals surface area contributed by atoms with Gasteiger partial charge in [0, 0.05) is 22.1 Å². The van der Waals surface area contributed by atoms with Gasteiger partial charge in [-0.2, -0.15) is 0 Å². The predicted molar refractivity (Wildman–Crippen MR) is 114 cm³/mol. The van der Waals surface area contributed by atoms with Crippen LogP contribution in [0.5, 0.6) is 11.5 Å². The van der Waals surface area contributed by atoms with Crippen LogP contribution in [0, 0.1) is 0 Å². The van der Waals surface area contributed by atoms with Gasteiger partial charge in [0.2, 0.25) is 0 Å². The second-order valence-corrected chi connectivity index (χ2v) is 7.13. The molecule has 0 fully saturated rings. The third-order valence-corrected chi connectivity index (χ3v) is 5.13. The molecule has 0 bridgehead atoms. The maximum absolute atomic E-state index is 10.9. The zero-order valence-electron chi connectivity index (χ0n) is 15.1. The molecule has 1 unspecified atom stereocenters. The SMILES string of the molecule is Oc1cc(C(c2ccccc2)c2ccc(Cl)cc2)c(O)cc1-c1ccccc1. The highest BCUT2D eigenvalue weighted by atomic mass is 35.5. The molecule has 2 N–H and O–H groups in total. The summed E-state index contributed by atoms with van der Waals surface area (Å²) < 4.78 is 0. The highest BCUT2D eigenvalue weighted by molar-refractivity contribution is 6.30. The van der Waals surface area contributed by atoms with Crippen molar-refractivity contribution in [3.05, 3.63) is 119 Å². The third kappa shape index (κ3) is 3.60. The number of rotatable bonds is 4. The minimum Gasteiger partial charge on any atom is -0.508 e. The van der Waals surface area contributed by atoms with E-state index in [1.165, 1.54) is 0 Å². The first-order valence-corrected chi connectivity index (χ1v) is 9.43. The summed E-state index contributed by atoms with van der Waals surface area (Å²) in [6.45, 7) is 0. The number of phenols is 2. The van der Waals surface area contributed by atoms with Gasteiger partial charge in [-0.25, -0.2) is 0 Å². The predicted octanol–water partition coefficient (Wildman–Crippen LogP) is 6.60. The lowest BCUT2D eigenvalue weighted by Crippen LogP contribution is -2.04. The van der Waals surface area contributed by atoms with Crippen LogP contribution in [0.15, 0.2) is 97.1 Å². The summed E-state index contributed by atoms with van der Waals surface area (Å²) in [5.41, 5.74) is 4.10. The minimum atomic E-state index is -0.228. The highest BCUT2D eigenvalue weighted by Crippen LogP contribution is 2.42. The first-order chi connectivity index (χ1) is 13.6. The summed E-state index contributed by atoms with van der Waals surface area (Å²) in [4.78, 5) is 0. The Morgan fingerprint density at radius 2 is 1.18 bits per heavy atom. The van der Waals surface area contributed by atoms with Crippen LogP contribution < -0.4 is 0 Å². The van der Waals surface area contributed by atoms with Crippen LogP contribution in [0.25, 0.3) is 11.1 Å². The summed E-state index contributed by atoms with van der Waals surface area (Å²) in [6, 6.07) is 30.3. The van der Waals surface area contributed by atoms with E-state index in [-0.39, 0.29) is 17.4 Å². The molecule has 0 saturated heterocycles. The van der Waals surface area contributed by atoms with E-state index in [0.29, 0.717) is 16.1 Å². The Hall–Kier alpha value is -3.23. The lowest BCUT2D eigenvalue weighted by Gasteiger charge is -2.21. The molecule has 0 amide bonds. The van der Waals surface area contributed by atoms with Gasteiger partial charge >= 0.3 is 0 Å². The molecule has 0 spiro atoms. The van der Waals surface area contributed by atoms with Crippen LogP contribution in [0.3, 0.4) is 0 Å². The molecule has 3 heteroatoms. The monoisotopic (exact) mass is 386 g/mol. The van der Waals surface area contributed by atoms with Crippen LogP contribution in [0.2, 0.25) is 5.02 Å². The summed E-state index contributed by atoms with van der Waals surface area (Å²) in [5, 5.41) is 22.3. The zero-order chi connectivity index (χ0) is 19.5. The van der Waals surface area contributed by atoms with Crippen molar-refractivity contribution in [2.24, 2.45) is 0 Å². The van der Waals surface area contributed by atoms with E-state index in [9.17, 15) is 10.2 Å². The number of aromatic hydroxyl groups is 2. The van der Waals surface area contributed by atoms with Gasteiger partial charge in [0.15, 0.2) is 0 Å². The maximum Gasteiger partial charge on any atom is 0.123 e. The van der Waals surface area contributed by atoms with Gasteiger partial charge in [0.25, 0.3) is 0 Å². The van der Waals surface area contributed by atoms with E-state index in [1.807, 2.05) is 84.9 Å². The van der Waals surface area contributed by atoms with Gasteiger partial charge in [-0.15, -0.1) is 0 Å². The molecule has 0 heterocycles. The van der Waals surface area contributed by atoms with Crippen molar-refractivity contribution in [1.82, 2.24) is 0 Å². The third-order valence-electron chi connectivity index (χ3n) is 4.88. The Bertz CT molecular complexity index is 1070. The lowest BCUT2D eigenvalue weighted by molar-refractivity contribution is 0.455. The van der Waals surface area contributed by atoms with E-state index in [0.717, 1.165) is 16.7 Å². The molecule has 0 aliphatic heterocycles. The average molecular weight is 387 g/mol. The molecular formula is C25H19ClO2. The molecule has 2 nitrogen and oxygen atoms in total. The zero-order valence-corrected chi connectivity index (χ0v) is 15.8. The van der Waals surface area contributed by atoms with Gasteiger partial charge in [-0.3, -0.25) is 0 Å². The van der Waals surface area contributed by atoms with Crippen molar-refractivity contribution < 1.29 is 10.2 Å². The Morgan fingerprint density at radius 1 is 0.607 bits per heavy atom. The number of phenolic OH excluding ortho intramolecular Hbond substituents is 2. The van der Waals surface area contributed by atoms with Crippen LogP contribution in [0.4, 0.5) is 0 Å². The van der Waals surface area contributed by atoms with Crippen molar-refractivity contribution in [2.45, 2.75) is 5.92 Å². The molecule has 138 valence electrons. The molecule has 0 saturated carbocycles. The summed E-state index contributed by atoms with van der Waals surface area (Å²) in [6.07, 6.45) is 0. The summed E-state index contributed by atoms with van der Waals surface area (Å²) >= 11 is 6.06. The number of hydrogen-bond acceptors (Lipinski definition) is 2. The highest BCUT2D eigenvalue weighted by Gasteiger charge is 2.22.